The lowest BCUT2D eigenvalue weighted by atomic mass is 9.85. The molecule has 1 atom stereocenters. The molecule has 0 nitrogen and oxygen atoms in total. The zero-order valence-corrected chi connectivity index (χ0v) is 21.6. The van der Waals surface area contributed by atoms with Crippen LogP contribution >= 0.6 is 0 Å². The number of allylic oxidation sites excluding steroid dienone is 5. The van der Waals surface area contributed by atoms with Gasteiger partial charge in [-0.15, -0.1) is 0 Å². The quantitative estimate of drug-likeness (QED) is 0.256. The Kier molecular flexibility index (Phi) is 7.57. The third-order valence-corrected chi connectivity index (χ3v) is 6.83. The monoisotopic (exact) mass is 456 g/mol. The number of hydrogen-bond acceptors (Lipinski definition) is 0. The molecule has 4 rings (SSSR count). The third-order valence-electron chi connectivity index (χ3n) is 6.83. The van der Waals surface area contributed by atoms with Crippen LogP contribution in [-0.2, 0) is 11.8 Å². The maximum Gasteiger partial charge on any atom is 0.0255 e. The minimum Gasteiger partial charge on any atom is -0.0995 e. The molecular formula is C35H36. The molecule has 35 heavy (non-hydrogen) atoms. The Balaban J connectivity index is 1.35. The van der Waals surface area contributed by atoms with Crippen LogP contribution < -0.4 is 0 Å². The smallest absolute Gasteiger partial charge is 0.0255 e. The van der Waals surface area contributed by atoms with Gasteiger partial charge in [-0.25, -0.2) is 0 Å². The molecule has 3 aromatic carbocycles. The Morgan fingerprint density at radius 1 is 0.829 bits per heavy atom. The van der Waals surface area contributed by atoms with Gasteiger partial charge < -0.3 is 0 Å². The summed E-state index contributed by atoms with van der Waals surface area (Å²) in [6.07, 6.45) is 7.65. The summed E-state index contributed by atoms with van der Waals surface area (Å²) in [5.74, 6) is 7.01. The zero-order chi connectivity index (χ0) is 24.8. The van der Waals surface area contributed by atoms with Gasteiger partial charge in [0.15, 0.2) is 0 Å². The summed E-state index contributed by atoms with van der Waals surface area (Å²) in [4.78, 5) is 0. The van der Waals surface area contributed by atoms with Gasteiger partial charge in [-0.05, 0) is 71.2 Å². The van der Waals surface area contributed by atoms with Gasteiger partial charge >= 0.3 is 0 Å². The van der Waals surface area contributed by atoms with Crippen LogP contribution in [0.2, 0.25) is 0 Å². The highest BCUT2D eigenvalue weighted by atomic mass is 14.2. The second-order valence-electron chi connectivity index (χ2n) is 10.7. The first-order valence-corrected chi connectivity index (χ1v) is 12.6. The van der Waals surface area contributed by atoms with Gasteiger partial charge in [-0.1, -0.05) is 124 Å². The molecule has 0 heterocycles. The largest absolute Gasteiger partial charge is 0.0995 e. The maximum absolute atomic E-state index is 4.40. The zero-order valence-electron chi connectivity index (χ0n) is 21.6. The van der Waals surface area contributed by atoms with Crippen LogP contribution in [0.1, 0.15) is 68.4 Å². The molecule has 0 heteroatoms. The van der Waals surface area contributed by atoms with Crippen LogP contribution in [0.15, 0.2) is 109 Å². The number of hydrogen-bond donors (Lipinski definition) is 0. The fourth-order valence-electron chi connectivity index (χ4n) is 4.62. The predicted octanol–water partition coefficient (Wildman–Crippen LogP) is 8.92. The maximum atomic E-state index is 4.40. The van der Waals surface area contributed by atoms with Crippen LogP contribution in [0.3, 0.4) is 0 Å². The highest BCUT2D eigenvalue weighted by Gasteiger charge is 2.20. The molecule has 0 radical (unpaired) electrons. The molecule has 0 amide bonds. The Morgan fingerprint density at radius 2 is 1.54 bits per heavy atom. The Hall–Kier alpha value is -3.56. The fourth-order valence-corrected chi connectivity index (χ4v) is 4.62. The Bertz CT molecular complexity index is 1310. The van der Waals surface area contributed by atoms with E-state index in [1.54, 1.807) is 0 Å². The summed E-state index contributed by atoms with van der Waals surface area (Å²) < 4.78 is 0. The van der Waals surface area contributed by atoms with Crippen molar-refractivity contribution in [1.82, 2.24) is 0 Å². The standard InChI is InChI=1S/C35H36/c1-26(23-30-14-10-16-33(25-30)35(3,4)5)17-20-31-21-22-34(27(31)2)32-15-9-13-29(24-32)19-18-28-11-7-6-8-12-28/h6-16,21-22,24-25,27H,1,17,20,23H2,2-5H3. The summed E-state index contributed by atoms with van der Waals surface area (Å²) in [7, 11) is 0. The molecule has 0 aromatic heterocycles. The first-order valence-electron chi connectivity index (χ1n) is 12.6. The normalized spacial score (nSPS) is 15.1. The number of benzene rings is 3. The van der Waals surface area contributed by atoms with E-state index in [1.807, 2.05) is 30.3 Å². The van der Waals surface area contributed by atoms with Gasteiger partial charge in [-0.2, -0.15) is 0 Å². The van der Waals surface area contributed by atoms with Crippen LogP contribution in [-0.4, -0.2) is 0 Å². The predicted molar refractivity (Wildman–Crippen MR) is 151 cm³/mol. The van der Waals surface area contributed by atoms with Crippen LogP contribution in [0.5, 0.6) is 0 Å². The van der Waals surface area contributed by atoms with Gasteiger partial charge in [0.25, 0.3) is 0 Å². The van der Waals surface area contributed by atoms with E-state index in [-0.39, 0.29) is 5.41 Å². The average molecular weight is 457 g/mol. The van der Waals surface area contributed by atoms with Gasteiger partial charge in [0.2, 0.25) is 0 Å². The molecule has 1 aliphatic carbocycles. The van der Waals surface area contributed by atoms with Gasteiger partial charge in [-0.3, -0.25) is 0 Å². The lowest BCUT2D eigenvalue weighted by Crippen LogP contribution is -2.11. The van der Waals surface area contributed by atoms with Crippen LogP contribution in [0.4, 0.5) is 0 Å². The van der Waals surface area contributed by atoms with Crippen molar-refractivity contribution >= 4 is 5.57 Å². The summed E-state index contributed by atoms with van der Waals surface area (Å²) >= 11 is 0. The summed E-state index contributed by atoms with van der Waals surface area (Å²) in [5.41, 5.74) is 10.5. The molecule has 176 valence electrons. The van der Waals surface area contributed by atoms with E-state index in [2.05, 4.69) is 107 Å². The molecule has 3 aromatic rings. The van der Waals surface area contributed by atoms with Crippen molar-refractivity contribution in [2.45, 2.75) is 52.4 Å². The minimum absolute atomic E-state index is 0.175. The van der Waals surface area contributed by atoms with Crippen molar-refractivity contribution in [3.8, 4) is 11.8 Å². The summed E-state index contributed by atoms with van der Waals surface area (Å²) in [6, 6.07) is 27.8. The van der Waals surface area contributed by atoms with E-state index >= 15 is 0 Å². The van der Waals surface area contributed by atoms with Crippen LogP contribution in [0.25, 0.3) is 5.57 Å². The van der Waals surface area contributed by atoms with Gasteiger partial charge in [0.05, 0.1) is 0 Å². The van der Waals surface area contributed by atoms with E-state index in [4.69, 9.17) is 0 Å². The van der Waals surface area contributed by atoms with E-state index in [9.17, 15) is 0 Å². The molecule has 1 aliphatic rings. The van der Waals surface area contributed by atoms with Crippen molar-refractivity contribution < 1.29 is 0 Å². The molecule has 0 bridgehead atoms. The molecule has 0 aliphatic heterocycles. The lowest BCUT2D eigenvalue weighted by Gasteiger charge is -2.20. The Labute approximate surface area is 212 Å². The van der Waals surface area contributed by atoms with E-state index in [1.165, 1.54) is 33.4 Å². The average Bonchev–Trinajstić information content (AvgIpc) is 3.22. The van der Waals surface area contributed by atoms with Crippen LogP contribution in [0, 0.1) is 17.8 Å². The van der Waals surface area contributed by atoms with E-state index in [0.717, 1.165) is 30.4 Å². The molecular weight excluding hydrogens is 420 g/mol. The molecule has 1 unspecified atom stereocenters. The highest BCUT2D eigenvalue weighted by molar-refractivity contribution is 5.75. The first kappa shape index (κ1) is 24.6. The Morgan fingerprint density at radius 3 is 2.31 bits per heavy atom. The van der Waals surface area contributed by atoms with Crippen molar-refractivity contribution in [1.29, 1.82) is 0 Å². The fraction of sp³-hybridized carbons (Fsp3) is 0.257. The molecule has 0 saturated heterocycles. The van der Waals surface area contributed by atoms with Crippen molar-refractivity contribution in [3.63, 3.8) is 0 Å². The molecule has 0 fully saturated rings. The van der Waals surface area contributed by atoms with E-state index < -0.39 is 0 Å². The topological polar surface area (TPSA) is 0 Å². The van der Waals surface area contributed by atoms with Gasteiger partial charge in [0.1, 0.15) is 0 Å². The summed E-state index contributed by atoms with van der Waals surface area (Å²) in [5, 5.41) is 0. The lowest BCUT2D eigenvalue weighted by molar-refractivity contribution is 0.589. The third kappa shape index (κ3) is 6.52. The summed E-state index contributed by atoms with van der Waals surface area (Å²) in [6.45, 7) is 13.5. The molecule has 0 saturated carbocycles. The van der Waals surface area contributed by atoms with E-state index in [0.29, 0.717) is 5.92 Å². The second kappa shape index (κ2) is 10.8. The minimum atomic E-state index is 0.175. The van der Waals surface area contributed by atoms with Crippen molar-refractivity contribution in [3.05, 3.63) is 137 Å². The molecule has 0 N–H and O–H groups in total. The second-order valence-corrected chi connectivity index (χ2v) is 10.7. The highest BCUT2D eigenvalue weighted by Crippen LogP contribution is 2.37. The SMILES string of the molecule is C=C(CCC1=CC=C(c2cccc(C#Cc3ccccc3)c2)C1C)Cc1cccc(C(C)(C)C)c1. The first-order chi connectivity index (χ1) is 16.8. The van der Waals surface area contributed by atoms with Gasteiger partial charge in [0, 0.05) is 17.0 Å². The number of rotatable bonds is 6. The van der Waals surface area contributed by atoms with Crippen molar-refractivity contribution in [2.24, 2.45) is 5.92 Å². The molecule has 0 spiro atoms. The van der Waals surface area contributed by atoms with Crippen molar-refractivity contribution in [2.75, 3.05) is 0 Å².